The second kappa shape index (κ2) is 5.78. The van der Waals surface area contributed by atoms with E-state index in [-0.39, 0.29) is 6.04 Å². The van der Waals surface area contributed by atoms with Gasteiger partial charge in [0.05, 0.1) is 6.04 Å². The second-order valence-corrected chi connectivity index (χ2v) is 4.57. The minimum absolute atomic E-state index is 0.226. The molecule has 1 N–H and O–H groups in total. The van der Waals surface area contributed by atoms with Crippen LogP contribution in [-0.2, 0) is 0 Å². The van der Waals surface area contributed by atoms with Crippen LogP contribution in [0.25, 0.3) is 0 Å². The summed E-state index contributed by atoms with van der Waals surface area (Å²) in [7, 11) is 0. The van der Waals surface area contributed by atoms with Gasteiger partial charge in [0.15, 0.2) is 0 Å². The molecule has 0 saturated carbocycles. The van der Waals surface area contributed by atoms with E-state index in [0.717, 1.165) is 6.54 Å². The Bertz CT molecular complexity index is 506. The number of pyridine rings is 1. The molecular weight excluding hydrogens is 220 g/mol. The number of nitrogens with zero attached hydrogens (tertiary/aromatic N) is 1. The highest BCUT2D eigenvalue weighted by Gasteiger charge is 2.15. The third-order valence-corrected chi connectivity index (χ3v) is 3.38. The molecule has 0 radical (unpaired) electrons. The van der Waals surface area contributed by atoms with E-state index >= 15 is 0 Å². The summed E-state index contributed by atoms with van der Waals surface area (Å²) in [5.41, 5.74) is 5.24. The SMILES string of the molecule is CCNC(c1cccnc1)c1cccc(C)c1C. The molecule has 1 heterocycles. The van der Waals surface area contributed by atoms with Crippen LogP contribution in [0.15, 0.2) is 42.7 Å². The summed E-state index contributed by atoms with van der Waals surface area (Å²) < 4.78 is 0. The van der Waals surface area contributed by atoms with Crippen LogP contribution in [0.3, 0.4) is 0 Å². The van der Waals surface area contributed by atoms with E-state index in [0.29, 0.717) is 0 Å². The summed E-state index contributed by atoms with van der Waals surface area (Å²) in [4.78, 5) is 4.23. The predicted molar refractivity (Wildman–Crippen MR) is 75.7 cm³/mol. The zero-order valence-corrected chi connectivity index (χ0v) is 11.3. The molecule has 2 nitrogen and oxygen atoms in total. The molecule has 1 atom stereocenters. The van der Waals surface area contributed by atoms with Crippen LogP contribution in [0.1, 0.15) is 35.2 Å². The summed E-state index contributed by atoms with van der Waals surface area (Å²) in [5.74, 6) is 0. The van der Waals surface area contributed by atoms with Gasteiger partial charge in [-0.3, -0.25) is 4.98 Å². The third kappa shape index (κ3) is 2.59. The number of hydrogen-bond acceptors (Lipinski definition) is 2. The fraction of sp³-hybridized carbons (Fsp3) is 0.312. The number of aromatic nitrogens is 1. The lowest BCUT2D eigenvalue weighted by Crippen LogP contribution is -2.23. The minimum atomic E-state index is 0.226. The van der Waals surface area contributed by atoms with Crippen LogP contribution >= 0.6 is 0 Å². The van der Waals surface area contributed by atoms with Gasteiger partial charge in [-0.2, -0.15) is 0 Å². The van der Waals surface area contributed by atoms with Crippen molar-refractivity contribution >= 4 is 0 Å². The summed E-state index contributed by atoms with van der Waals surface area (Å²) in [6, 6.07) is 10.8. The van der Waals surface area contributed by atoms with Crippen LogP contribution in [0, 0.1) is 13.8 Å². The number of nitrogens with one attached hydrogen (secondary N) is 1. The zero-order valence-electron chi connectivity index (χ0n) is 11.3. The molecule has 2 heteroatoms. The van der Waals surface area contributed by atoms with Gasteiger partial charge < -0.3 is 5.32 Å². The van der Waals surface area contributed by atoms with Crippen molar-refractivity contribution in [3.63, 3.8) is 0 Å². The highest BCUT2D eigenvalue weighted by molar-refractivity contribution is 5.39. The molecular formula is C16H20N2. The van der Waals surface area contributed by atoms with Crippen LogP contribution in [-0.4, -0.2) is 11.5 Å². The Morgan fingerprint density at radius 2 is 2.00 bits per heavy atom. The van der Waals surface area contributed by atoms with E-state index in [2.05, 4.69) is 55.3 Å². The van der Waals surface area contributed by atoms with Gasteiger partial charge in [-0.15, -0.1) is 0 Å². The maximum Gasteiger partial charge on any atom is 0.0594 e. The molecule has 0 fully saturated rings. The van der Waals surface area contributed by atoms with Gasteiger partial charge in [-0.25, -0.2) is 0 Å². The van der Waals surface area contributed by atoms with E-state index in [1.165, 1.54) is 22.3 Å². The first kappa shape index (κ1) is 12.8. The lowest BCUT2D eigenvalue weighted by molar-refractivity contribution is 0.625. The highest BCUT2D eigenvalue weighted by Crippen LogP contribution is 2.25. The van der Waals surface area contributed by atoms with Crippen LogP contribution in [0.4, 0.5) is 0 Å². The Hall–Kier alpha value is -1.67. The molecule has 94 valence electrons. The van der Waals surface area contributed by atoms with Crippen molar-refractivity contribution in [2.45, 2.75) is 26.8 Å². The molecule has 0 aliphatic rings. The number of benzene rings is 1. The first-order chi connectivity index (χ1) is 8.74. The fourth-order valence-electron chi connectivity index (χ4n) is 2.24. The Balaban J connectivity index is 2.45. The first-order valence-electron chi connectivity index (χ1n) is 6.43. The Morgan fingerprint density at radius 1 is 1.17 bits per heavy atom. The molecule has 0 amide bonds. The molecule has 0 aliphatic carbocycles. The molecule has 0 bridgehead atoms. The predicted octanol–water partition coefficient (Wildman–Crippen LogP) is 3.40. The third-order valence-electron chi connectivity index (χ3n) is 3.38. The molecule has 1 aromatic carbocycles. The molecule has 2 aromatic rings. The average molecular weight is 240 g/mol. The normalized spacial score (nSPS) is 12.4. The van der Waals surface area contributed by atoms with Gasteiger partial charge in [0.25, 0.3) is 0 Å². The smallest absolute Gasteiger partial charge is 0.0594 e. The van der Waals surface area contributed by atoms with Crippen molar-refractivity contribution in [1.29, 1.82) is 0 Å². The molecule has 0 saturated heterocycles. The van der Waals surface area contributed by atoms with Crippen LogP contribution in [0.5, 0.6) is 0 Å². The quantitative estimate of drug-likeness (QED) is 0.886. The summed E-state index contributed by atoms with van der Waals surface area (Å²) in [6.45, 7) is 7.41. The maximum atomic E-state index is 4.23. The van der Waals surface area contributed by atoms with Gasteiger partial charge >= 0.3 is 0 Å². The van der Waals surface area contributed by atoms with Crippen molar-refractivity contribution in [2.24, 2.45) is 0 Å². The van der Waals surface area contributed by atoms with Crippen molar-refractivity contribution in [1.82, 2.24) is 10.3 Å². The summed E-state index contributed by atoms with van der Waals surface area (Å²) in [6.07, 6.45) is 3.75. The largest absolute Gasteiger partial charge is 0.306 e. The molecule has 0 aliphatic heterocycles. The molecule has 1 unspecified atom stereocenters. The van der Waals surface area contributed by atoms with Crippen molar-refractivity contribution in [3.8, 4) is 0 Å². The topological polar surface area (TPSA) is 24.9 Å². The molecule has 0 spiro atoms. The lowest BCUT2D eigenvalue weighted by atomic mass is 9.93. The lowest BCUT2D eigenvalue weighted by Gasteiger charge is -2.21. The zero-order chi connectivity index (χ0) is 13.0. The van der Waals surface area contributed by atoms with Gasteiger partial charge in [0, 0.05) is 12.4 Å². The van der Waals surface area contributed by atoms with Crippen molar-refractivity contribution in [2.75, 3.05) is 6.54 Å². The number of hydrogen-bond donors (Lipinski definition) is 1. The van der Waals surface area contributed by atoms with E-state index in [9.17, 15) is 0 Å². The van der Waals surface area contributed by atoms with Gasteiger partial charge in [0.2, 0.25) is 0 Å². The van der Waals surface area contributed by atoms with Crippen molar-refractivity contribution in [3.05, 3.63) is 65.0 Å². The fourth-order valence-corrected chi connectivity index (χ4v) is 2.24. The van der Waals surface area contributed by atoms with Gasteiger partial charge in [-0.05, 0) is 48.7 Å². The summed E-state index contributed by atoms with van der Waals surface area (Å²) in [5, 5.41) is 3.54. The van der Waals surface area contributed by atoms with E-state index < -0.39 is 0 Å². The highest BCUT2D eigenvalue weighted by atomic mass is 14.9. The van der Waals surface area contributed by atoms with Gasteiger partial charge in [0.1, 0.15) is 0 Å². The van der Waals surface area contributed by atoms with Crippen molar-refractivity contribution < 1.29 is 0 Å². The Kier molecular flexibility index (Phi) is 4.11. The number of aryl methyl sites for hydroxylation is 1. The minimum Gasteiger partial charge on any atom is -0.306 e. The molecule has 1 aromatic heterocycles. The Morgan fingerprint density at radius 3 is 2.67 bits per heavy atom. The number of rotatable bonds is 4. The molecule has 18 heavy (non-hydrogen) atoms. The second-order valence-electron chi connectivity index (χ2n) is 4.57. The van der Waals surface area contributed by atoms with E-state index in [1.807, 2.05) is 18.5 Å². The monoisotopic (exact) mass is 240 g/mol. The average Bonchev–Trinajstić information content (AvgIpc) is 2.41. The first-order valence-corrected chi connectivity index (χ1v) is 6.43. The Labute approximate surface area is 109 Å². The standard InChI is InChI=1S/C16H20N2/c1-4-18-16(14-8-6-10-17-11-14)15-9-5-7-12(2)13(15)3/h5-11,16,18H,4H2,1-3H3. The maximum absolute atomic E-state index is 4.23. The van der Waals surface area contributed by atoms with E-state index in [4.69, 9.17) is 0 Å². The van der Waals surface area contributed by atoms with Crippen LogP contribution < -0.4 is 5.32 Å². The molecule has 2 rings (SSSR count). The van der Waals surface area contributed by atoms with Gasteiger partial charge in [-0.1, -0.05) is 31.2 Å². The van der Waals surface area contributed by atoms with Crippen LogP contribution in [0.2, 0.25) is 0 Å². The van der Waals surface area contributed by atoms with E-state index in [1.54, 1.807) is 0 Å². The summed E-state index contributed by atoms with van der Waals surface area (Å²) >= 11 is 0.